The first-order valence-electron chi connectivity index (χ1n) is 11.5. The van der Waals surface area contributed by atoms with E-state index in [1.807, 2.05) is 12.1 Å². The number of piperidine rings is 1. The number of fused-ring (bicyclic) bond motifs is 1. The number of benzene rings is 2. The molecule has 2 aromatic heterocycles. The van der Waals surface area contributed by atoms with Crippen LogP contribution >= 0.6 is 15.9 Å². The van der Waals surface area contributed by atoms with E-state index in [9.17, 15) is 23.1 Å². The van der Waals surface area contributed by atoms with Gasteiger partial charge in [0.05, 0.1) is 16.5 Å². The number of hydrogen-bond donors (Lipinski definition) is 1. The molecule has 3 heterocycles. The van der Waals surface area contributed by atoms with Crippen molar-refractivity contribution in [2.75, 3.05) is 6.54 Å². The molecule has 36 heavy (non-hydrogen) atoms. The van der Waals surface area contributed by atoms with Crippen LogP contribution in [0.5, 0.6) is 5.75 Å². The fourth-order valence-electron chi connectivity index (χ4n) is 4.87. The largest absolute Gasteiger partial charge is 0.507 e. The van der Waals surface area contributed by atoms with Crippen LogP contribution in [-0.2, 0) is 12.7 Å². The number of hydrogen-bond acceptors (Lipinski definition) is 5. The number of phenols is 1. The molecule has 1 aliphatic heterocycles. The monoisotopic (exact) mass is 558 g/mol. The lowest BCUT2D eigenvalue weighted by molar-refractivity contribution is -0.152. The second kappa shape index (κ2) is 9.71. The first-order valence-corrected chi connectivity index (χ1v) is 12.3. The van der Waals surface area contributed by atoms with Gasteiger partial charge in [-0.05, 0) is 60.8 Å². The van der Waals surface area contributed by atoms with Gasteiger partial charge in [0.2, 0.25) is 11.2 Å². The second-order valence-electron chi connectivity index (χ2n) is 8.85. The SMILES string of the molecule is O=c1c(-c2ccc(Br)cc2)c(C(F)(F)F)oc2c(CN3CCCC[C@H]3c3cccnc3)c(O)ccc12. The molecule has 5 rings (SSSR count). The summed E-state index contributed by atoms with van der Waals surface area (Å²) in [5, 5.41) is 10.7. The van der Waals surface area contributed by atoms with Crippen LogP contribution in [0.4, 0.5) is 13.2 Å². The lowest BCUT2D eigenvalue weighted by atomic mass is 9.95. The molecule has 1 fully saturated rings. The van der Waals surface area contributed by atoms with Crippen LogP contribution in [0, 0.1) is 0 Å². The van der Waals surface area contributed by atoms with Crippen molar-refractivity contribution in [3.63, 3.8) is 0 Å². The zero-order chi connectivity index (χ0) is 25.4. The maximum absolute atomic E-state index is 14.2. The lowest BCUT2D eigenvalue weighted by Crippen LogP contribution is -2.33. The Hall–Kier alpha value is -3.17. The maximum Gasteiger partial charge on any atom is 0.450 e. The van der Waals surface area contributed by atoms with E-state index < -0.39 is 22.9 Å². The molecule has 0 bridgehead atoms. The number of phenolic OH excluding ortho intramolecular Hbond substituents is 1. The summed E-state index contributed by atoms with van der Waals surface area (Å²) in [6, 6.07) is 12.5. The highest BCUT2D eigenvalue weighted by Gasteiger charge is 2.40. The van der Waals surface area contributed by atoms with Crippen molar-refractivity contribution >= 4 is 26.9 Å². The summed E-state index contributed by atoms with van der Waals surface area (Å²) in [5.41, 5.74) is -0.341. The molecule has 186 valence electrons. The number of halogens is 4. The normalized spacial score (nSPS) is 16.9. The first kappa shape index (κ1) is 24.5. The van der Waals surface area contributed by atoms with Gasteiger partial charge in [-0.25, -0.2) is 0 Å². The second-order valence-corrected chi connectivity index (χ2v) is 9.76. The van der Waals surface area contributed by atoms with Gasteiger partial charge in [-0.2, -0.15) is 13.2 Å². The third kappa shape index (κ3) is 4.65. The summed E-state index contributed by atoms with van der Waals surface area (Å²) in [6.45, 7) is 0.809. The van der Waals surface area contributed by atoms with Gasteiger partial charge >= 0.3 is 6.18 Å². The van der Waals surface area contributed by atoms with Crippen LogP contribution in [0.1, 0.15) is 42.2 Å². The number of aromatic hydroxyl groups is 1. The molecule has 1 aliphatic rings. The average Bonchev–Trinajstić information content (AvgIpc) is 2.86. The van der Waals surface area contributed by atoms with E-state index in [4.69, 9.17) is 4.42 Å². The zero-order valence-corrected chi connectivity index (χ0v) is 20.6. The quantitative estimate of drug-likeness (QED) is 0.290. The molecule has 1 N–H and O–H groups in total. The first-order chi connectivity index (χ1) is 17.2. The third-order valence-electron chi connectivity index (χ3n) is 6.57. The molecule has 5 nitrogen and oxygen atoms in total. The molecule has 0 unspecified atom stereocenters. The minimum absolute atomic E-state index is 0.0105. The van der Waals surface area contributed by atoms with Crippen molar-refractivity contribution in [3.8, 4) is 16.9 Å². The van der Waals surface area contributed by atoms with Gasteiger partial charge in [-0.15, -0.1) is 0 Å². The van der Waals surface area contributed by atoms with E-state index in [0.717, 1.165) is 24.8 Å². The van der Waals surface area contributed by atoms with Crippen LogP contribution in [0.3, 0.4) is 0 Å². The fraction of sp³-hybridized carbons (Fsp3) is 0.259. The highest BCUT2D eigenvalue weighted by molar-refractivity contribution is 9.10. The topological polar surface area (TPSA) is 66.6 Å². The summed E-state index contributed by atoms with van der Waals surface area (Å²) in [7, 11) is 0. The highest BCUT2D eigenvalue weighted by Crippen LogP contribution is 2.40. The number of alkyl halides is 3. The average molecular weight is 559 g/mol. The van der Waals surface area contributed by atoms with E-state index in [0.29, 0.717) is 11.0 Å². The Morgan fingerprint density at radius 1 is 1.11 bits per heavy atom. The minimum atomic E-state index is -4.91. The highest BCUT2D eigenvalue weighted by atomic mass is 79.9. The Morgan fingerprint density at radius 3 is 2.58 bits per heavy atom. The van der Waals surface area contributed by atoms with E-state index in [2.05, 4.69) is 25.8 Å². The molecule has 2 aromatic carbocycles. The van der Waals surface area contributed by atoms with Crippen LogP contribution in [-0.4, -0.2) is 21.5 Å². The van der Waals surface area contributed by atoms with Gasteiger partial charge in [-0.3, -0.25) is 14.7 Å². The molecular formula is C27H22BrF3N2O3. The zero-order valence-electron chi connectivity index (χ0n) is 19.1. The summed E-state index contributed by atoms with van der Waals surface area (Å²) in [5.74, 6) is -1.60. The van der Waals surface area contributed by atoms with Crippen LogP contribution in [0.25, 0.3) is 22.1 Å². The number of rotatable bonds is 4. The molecule has 0 amide bonds. The summed E-state index contributed by atoms with van der Waals surface area (Å²) in [6.07, 6.45) is 1.31. The van der Waals surface area contributed by atoms with Crippen LogP contribution < -0.4 is 5.43 Å². The van der Waals surface area contributed by atoms with Gasteiger partial charge in [0, 0.05) is 29.5 Å². The van der Waals surface area contributed by atoms with Crippen molar-refractivity contribution in [1.82, 2.24) is 9.88 Å². The lowest BCUT2D eigenvalue weighted by Gasteiger charge is -2.36. The molecule has 0 saturated carbocycles. The van der Waals surface area contributed by atoms with Gasteiger partial charge < -0.3 is 9.52 Å². The van der Waals surface area contributed by atoms with Crippen molar-refractivity contribution in [2.45, 2.75) is 38.0 Å². The molecule has 1 saturated heterocycles. The number of nitrogens with zero attached hydrogens (tertiary/aromatic N) is 2. The van der Waals surface area contributed by atoms with Crippen molar-refractivity contribution in [2.24, 2.45) is 0 Å². The molecule has 0 spiro atoms. The Labute approximate surface area is 213 Å². The Balaban J connectivity index is 1.67. The molecular weight excluding hydrogens is 537 g/mol. The fourth-order valence-corrected chi connectivity index (χ4v) is 5.13. The summed E-state index contributed by atoms with van der Waals surface area (Å²) < 4.78 is 48.7. The Kier molecular flexibility index (Phi) is 6.61. The third-order valence-corrected chi connectivity index (χ3v) is 7.10. The smallest absolute Gasteiger partial charge is 0.450 e. The molecule has 0 aliphatic carbocycles. The minimum Gasteiger partial charge on any atom is -0.507 e. The van der Waals surface area contributed by atoms with Crippen molar-refractivity contribution in [3.05, 3.63) is 92.5 Å². The maximum atomic E-state index is 14.2. The van der Waals surface area contributed by atoms with Gasteiger partial charge in [0.1, 0.15) is 11.3 Å². The predicted molar refractivity (Wildman–Crippen MR) is 134 cm³/mol. The van der Waals surface area contributed by atoms with Gasteiger partial charge in [0.25, 0.3) is 0 Å². The Bertz CT molecular complexity index is 1450. The summed E-state index contributed by atoms with van der Waals surface area (Å²) in [4.78, 5) is 19.7. The number of aromatic nitrogens is 1. The van der Waals surface area contributed by atoms with E-state index >= 15 is 0 Å². The van der Waals surface area contributed by atoms with Crippen molar-refractivity contribution in [1.29, 1.82) is 0 Å². The van der Waals surface area contributed by atoms with Crippen LogP contribution in [0.15, 0.2) is 74.6 Å². The number of pyridine rings is 1. The van der Waals surface area contributed by atoms with E-state index in [1.54, 1.807) is 24.5 Å². The molecule has 1 atom stereocenters. The number of likely N-dealkylation sites (tertiary alicyclic amines) is 1. The van der Waals surface area contributed by atoms with Gasteiger partial charge in [0.15, 0.2) is 0 Å². The Morgan fingerprint density at radius 2 is 1.89 bits per heavy atom. The van der Waals surface area contributed by atoms with Gasteiger partial charge in [-0.1, -0.05) is 40.5 Å². The molecule has 0 radical (unpaired) electrons. The van der Waals surface area contributed by atoms with Crippen molar-refractivity contribution < 1.29 is 22.7 Å². The predicted octanol–water partition coefficient (Wildman–Crippen LogP) is 7.07. The molecule has 4 aromatic rings. The standard InChI is InChI=1S/C27H22BrF3N2O3/c28-18-8-6-16(7-9-18)23-24(35)19-10-11-22(34)20(25(19)36-26(23)27(29,30)31)15-33-13-2-1-5-21(33)17-4-3-12-32-14-17/h3-4,6-12,14,21,34H,1-2,5,13,15H2/t21-/m0/s1. The summed E-state index contributed by atoms with van der Waals surface area (Å²) >= 11 is 3.26. The van der Waals surface area contributed by atoms with E-state index in [1.165, 1.54) is 24.3 Å². The van der Waals surface area contributed by atoms with E-state index in [-0.39, 0.29) is 40.4 Å². The molecule has 9 heteroatoms. The van der Waals surface area contributed by atoms with Crippen LogP contribution in [0.2, 0.25) is 0 Å².